The van der Waals surface area contributed by atoms with Crippen LogP contribution >= 0.6 is 22.9 Å². The molecule has 0 fully saturated rings. The number of hydrogen-bond donors (Lipinski definition) is 0. The summed E-state index contributed by atoms with van der Waals surface area (Å²) in [7, 11) is 1.84. The molecule has 0 bridgehead atoms. The van der Waals surface area contributed by atoms with Crippen LogP contribution in [0.15, 0.2) is 36.4 Å². The number of hydrogen-bond acceptors (Lipinski definition) is 4. The molecule has 1 aromatic heterocycles. The third-order valence-corrected chi connectivity index (χ3v) is 3.94. The fourth-order valence-electron chi connectivity index (χ4n) is 1.64. The number of rotatable bonds is 4. The second-order valence-corrected chi connectivity index (χ2v) is 5.76. The van der Waals surface area contributed by atoms with Gasteiger partial charge < -0.3 is 4.90 Å². The maximum Gasteiger partial charge on any atom is 0.192 e. The Hall–Kier alpha value is -1.83. The highest BCUT2D eigenvalue weighted by Gasteiger charge is 2.12. The van der Waals surface area contributed by atoms with E-state index in [0.717, 1.165) is 5.69 Å². The summed E-state index contributed by atoms with van der Waals surface area (Å²) < 4.78 is 0.615. The van der Waals surface area contributed by atoms with Crippen LogP contribution in [0.5, 0.6) is 0 Å². The molecular formula is C14H11ClN2OS. The number of thiophene rings is 1. The summed E-state index contributed by atoms with van der Waals surface area (Å²) in [6.45, 7) is 0.280. The first-order valence-corrected chi connectivity index (χ1v) is 6.79. The maximum atomic E-state index is 12.0. The molecule has 0 aliphatic rings. The predicted octanol–water partition coefficient (Wildman–Crippen LogP) is 3.59. The number of nitriles is 1. The molecule has 2 aromatic rings. The summed E-state index contributed by atoms with van der Waals surface area (Å²) >= 11 is 7.10. The van der Waals surface area contributed by atoms with Crippen LogP contribution in [-0.2, 0) is 0 Å². The van der Waals surface area contributed by atoms with Crippen molar-refractivity contribution in [2.75, 3.05) is 18.5 Å². The summed E-state index contributed by atoms with van der Waals surface area (Å²) in [6.07, 6.45) is 0. The first-order valence-electron chi connectivity index (χ1n) is 5.60. The molecule has 3 nitrogen and oxygen atoms in total. The highest BCUT2D eigenvalue weighted by molar-refractivity contribution is 7.18. The fourth-order valence-corrected chi connectivity index (χ4v) is 2.61. The first kappa shape index (κ1) is 13.6. The molecular weight excluding hydrogens is 280 g/mol. The maximum absolute atomic E-state index is 12.0. The number of ketones is 1. The topological polar surface area (TPSA) is 44.1 Å². The highest BCUT2D eigenvalue weighted by atomic mass is 35.5. The number of carbonyl (C=O) groups is 1. The Morgan fingerprint density at radius 2 is 2.00 bits per heavy atom. The first-order chi connectivity index (χ1) is 9.10. The van der Waals surface area contributed by atoms with Gasteiger partial charge in [-0.25, -0.2) is 0 Å². The zero-order chi connectivity index (χ0) is 13.8. The van der Waals surface area contributed by atoms with Crippen molar-refractivity contribution in [3.05, 3.63) is 51.2 Å². The van der Waals surface area contributed by atoms with Crippen molar-refractivity contribution in [3.63, 3.8) is 0 Å². The van der Waals surface area contributed by atoms with Gasteiger partial charge in [-0.2, -0.15) is 5.26 Å². The number of Topliss-reactive ketones (excluding diaryl/α,β-unsaturated/α-hetero) is 1. The molecule has 0 saturated carbocycles. The minimum atomic E-state index is 0.0313. The number of halogens is 1. The van der Waals surface area contributed by atoms with Crippen LogP contribution in [-0.4, -0.2) is 19.4 Å². The molecule has 0 atom stereocenters. The number of anilines is 1. The van der Waals surface area contributed by atoms with Crippen LogP contribution in [0.3, 0.4) is 0 Å². The van der Waals surface area contributed by atoms with Crippen molar-refractivity contribution < 1.29 is 4.79 Å². The van der Waals surface area contributed by atoms with Crippen molar-refractivity contribution in [2.45, 2.75) is 0 Å². The Kier molecular flexibility index (Phi) is 4.20. The molecule has 0 radical (unpaired) electrons. The van der Waals surface area contributed by atoms with Gasteiger partial charge in [0.2, 0.25) is 0 Å². The highest BCUT2D eigenvalue weighted by Crippen LogP contribution is 2.22. The zero-order valence-corrected chi connectivity index (χ0v) is 11.8. The average molecular weight is 291 g/mol. The minimum Gasteiger partial charge on any atom is -0.367 e. The third kappa shape index (κ3) is 3.34. The standard InChI is InChI=1S/C14H11ClN2OS/c1-17(11-4-2-10(8-16)3-5-11)9-12(18)13-6-7-14(15)19-13/h2-7H,9H2,1H3. The monoisotopic (exact) mass is 290 g/mol. The molecule has 0 saturated heterocycles. The van der Waals surface area contributed by atoms with Gasteiger partial charge in [0.15, 0.2) is 5.78 Å². The second-order valence-electron chi connectivity index (χ2n) is 4.04. The van der Waals surface area contributed by atoms with E-state index >= 15 is 0 Å². The van der Waals surface area contributed by atoms with Gasteiger partial charge in [0.05, 0.1) is 27.4 Å². The Bertz CT molecular complexity index is 628. The van der Waals surface area contributed by atoms with Crippen molar-refractivity contribution in [2.24, 2.45) is 0 Å². The third-order valence-electron chi connectivity index (χ3n) is 2.67. The summed E-state index contributed by atoms with van der Waals surface area (Å²) in [5.74, 6) is 0.0313. The van der Waals surface area contributed by atoms with Gasteiger partial charge in [-0.1, -0.05) is 11.6 Å². The van der Waals surface area contributed by atoms with Gasteiger partial charge in [0.1, 0.15) is 0 Å². The van der Waals surface area contributed by atoms with E-state index in [1.807, 2.05) is 24.1 Å². The van der Waals surface area contributed by atoms with Crippen molar-refractivity contribution >= 4 is 34.4 Å². The van der Waals surface area contributed by atoms with Crippen LogP contribution in [0.1, 0.15) is 15.2 Å². The summed E-state index contributed by atoms with van der Waals surface area (Å²) in [4.78, 5) is 14.5. The molecule has 0 aliphatic heterocycles. The lowest BCUT2D eigenvalue weighted by molar-refractivity contribution is 0.100. The van der Waals surface area contributed by atoms with Crippen molar-refractivity contribution in [1.29, 1.82) is 5.26 Å². The van der Waals surface area contributed by atoms with Gasteiger partial charge in [-0.15, -0.1) is 11.3 Å². The van der Waals surface area contributed by atoms with E-state index in [4.69, 9.17) is 16.9 Å². The number of likely N-dealkylation sites (N-methyl/N-ethyl adjacent to an activating group) is 1. The molecule has 1 heterocycles. The van der Waals surface area contributed by atoms with E-state index in [2.05, 4.69) is 6.07 Å². The van der Waals surface area contributed by atoms with E-state index in [0.29, 0.717) is 14.8 Å². The molecule has 96 valence electrons. The van der Waals surface area contributed by atoms with Crippen molar-refractivity contribution in [3.8, 4) is 6.07 Å². The minimum absolute atomic E-state index is 0.0313. The number of nitrogens with zero attached hydrogens (tertiary/aromatic N) is 2. The van der Waals surface area contributed by atoms with Gasteiger partial charge >= 0.3 is 0 Å². The second kappa shape index (κ2) is 5.87. The Morgan fingerprint density at radius 3 is 2.53 bits per heavy atom. The molecule has 2 rings (SSSR count). The summed E-state index contributed by atoms with van der Waals surface area (Å²) in [6, 6.07) is 12.6. The van der Waals surface area contributed by atoms with Crippen LogP contribution in [0.25, 0.3) is 0 Å². The Labute approximate surface area is 120 Å². The molecule has 0 amide bonds. The molecule has 0 spiro atoms. The zero-order valence-electron chi connectivity index (χ0n) is 10.3. The number of carbonyl (C=O) groups excluding carboxylic acids is 1. The predicted molar refractivity (Wildman–Crippen MR) is 78.1 cm³/mol. The van der Waals surface area contributed by atoms with Crippen molar-refractivity contribution in [1.82, 2.24) is 0 Å². The van der Waals surface area contributed by atoms with Gasteiger partial charge in [-0.05, 0) is 36.4 Å². The SMILES string of the molecule is CN(CC(=O)c1ccc(Cl)s1)c1ccc(C#N)cc1. The van der Waals surface area contributed by atoms with E-state index in [-0.39, 0.29) is 12.3 Å². The summed E-state index contributed by atoms with van der Waals surface area (Å²) in [5.41, 5.74) is 1.50. The lowest BCUT2D eigenvalue weighted by atomic mass is 10.2. The largest absolute Gasteiger partial charge is 0.367 e. The molecule has 19 heavy (non-hydrogen) atoms. The van der Waals surface area contributed by atoms with Gasteiger partial charge in [0.25, 0.3) is 0 Å². The number of benzene rings is 1. The molecule has 0 unspecified atom stereocenters. The van der Waals surface area contributed by atoms with Gasteiger partial charge in [0, 0.05) is 12.7 Å². The van der Waals surface area contributed by atoms with E-state index < -0.39 is 0 Å². The van der Waals surface area contributed by atoms with Gasteiger partial charge in [-0.3, -0.25) is 4.79 Å². The quantitative estimate of drug-likeness (QED) is 0.808. The molecule has 0 N–H and O–H groups in total. The normalized spacial score (nSPS) is 9.95. The van der Waals surface area contributed by atoms with E-state index in [1.165, 1.54) is 11.3 Å². The lowest BCUT2D eigenvalue weighted by Crippen LogP contribution is -2.25. The molecule has 0 aliphatic carbocycles. The molecule has 5 heteroatoms. The summed E-state index contributed by atoms with van der Waals surface area (Å²) in [5, 5.41) is 8.73. The smallest absolute Gasteiger partial charge is 0.192 e. The Morgan fingerprint density at radius 1 is 1.32 bits per heavy atom. The van der Waals surface area contributed by atoms with Crippen LogP contribution in [0.4, 0.5) is 5.69 Å². The average Bonchev–Trinajstić information content (AvgIpc) is 2.85. The van der Waals surface area contributed by atoms with Crippen LogP contribution < -0.4 is 4.90 Å². The lowest BCUT2D eigenvalue weighted by Gasteiger charge is -2.17. The Balaban J connectivity index is 2.06. The van der Waals surface area contributed by atoms with E-state index in [1.54, 1.807) is 24.3 Å². The molecule has 1 aromatic carbocycles. The van der Waals surface area contributed by atoms with Crippen LogP contribution in [0.2, 0.25) is 4.34 Å². The fraction of sp³-hybridized carbons (Fsp3) is 0.143. The van der Waals surface area contributed by atoms with E-state index in [9.17, 15) is 4.79 Å². The van der Waals surface area contributed by atoms with Crippen LogP contribution in [0, 0.1) is 11.3 Å².